The summed E-state index contributed by atoms with van der Waals surface area (Å²) in [5.74, 6) is -1.03. The molecule has 1 heterocycles. The molecule has 0 fully saturated rings. The number of anilines is 2. The molecule has 1 aromatic heterocycles. The molecule has 0 saturated carbocycles. The minimum Gasteiger partial charge on any atom is -0.495 e. The Labute approximate surface area is 179 Å². The Morgan fingerprint density at radius 2 is 1.77 bits per heavy atom. The first-order valence-electron chi connectivity index (χ1n) is 9.57. The molecule has 2 amide bonds. The van der Waals surface area contributed by atoms with Crippen molar-refractivity contribution in [1.29, 1.82) is 0 Å². The zero-order valence-electron chi connectivity index (χ0n) is 17.7. The van der Waals surface area contributed by atoms with Gasteiger partial charge in [0.05, 0.1) is 29.6 Å². The second-order valence-electron chi connectivity index (χ2n) is 7.04. The molecule has 0 aliphatic carbocycles. The monoisotopic (exact) mass is 421 g/mol. The van der Waals surface area contributed by atoms with Crippen molar-refractivity contribution in [2.45, 2.75) is 20.8 Å². The fourth-order valence-electron chi connectivity index (χ4n) is 3.08. The summed E-state index contributed by atoms with van der Waals surface area (Å²) < 4.78 is 10.4. The zero-order chi connectivity index (χ0) is 22.5. The second-order valence-corrected chi connectivity index (χ2v) is 7.04. The van der Waals surface area contributed by atoms with Gasteiger partial charge in [0.2, 0.25) is 5.91 Å². The molecule has 8 nitrogen and oxygen atoms in total. The van der Waals surface area contributed by atoms with Crippen LogP contribution in [-0.4, -0.2) is 36.5 Å². The SMILES string of the molecule is COc1ccc(NC(C)=O)cc1NC(=O)COC(=O)c1cc2cc(C)ccc2nc1C. The maximum atomic E-state index is 12.5. The van der Waals surface area contributed by atoms with E-state index in [1.165, 1.54) is 14.0 Å². The number of hydrogen-bond acceptors (Lipinski definition) is 6. The van der Waals surface area contributed by atoms with Crippen LogP contribution in [0.3, 0.4) is 0 Å². The van der Waals surface area contributed by atoms with Gasteiger partial charge < -0.3 is 20.1 Å². The number of benzene rings is 2. The number of hydrogen-bond donors (Lipinski definition) is 2. The highest BCUT2D eigenvalue weighted by Crippen LogP contribution is 2.28. The molecule has 0 unspecified atom stereocenters. The van der Waals surface area contributed by atoms with Crippen LogP contribution in [0.5, 0.6) is 5.75 Å². The lowest BCUT2D eigenvalue weighted by molar-refractivity contribution is -0.119. The predicted molar refractivity (Wildman–Crippen MR) is 117 cm³/mol. The Morgan fingerprint density at radius 3 is 2.48 bits per heavy atom. The Bertz CT molecular complexity index is 1170. The molecule has 31 heavy (non-hydrogen) atoms. The molecule has 0 aliphatic heterocycles. The summed E-state index contributed by atoms with van der Waals surface area (Å²) in [6.07, 6.45) is 0. The van der Waals surface area contributed by atoms with Gasteiger partial charge in [0, 0.05) is 18.0 Å². The fourth-order valence-corrected chi connectivity index (χ4v) is 3.08. The van der Waals surface area contributed by atoms with Gasteiger partial charge in [-0.25, -0.2) is 4.79 Å². The first-order valence-corrected chi connectivity index (χ1v) is 9.57. The number of esters is 1. The van der Waals surface area contributed by atoms with Crippen LogP contribution in [0.4, 0.5) is 11.4 Å². The molecule has 0 bridgehead atoms. The highest BCUT2D eigenvalue weighted by atomic mass is 16.5. The van der Waals surface area contributed by atoms with Crippen LogP contribution in [0.2, 0.25) is 0 Å². The molecule has 0 atom stereocenters. The summed E-state index contributed by atoms with van der Waals surface area (Å²) in [5, 5.41) is 6.07. The third-order valence-corrected chi connectivity index (χ3v) is 4.51. The normalized spacial score (nSPS) is 10.5. The van der Waals surface area contributed by atoms with Crippen LogP contribution >= 0.6 is 0 Å². The summed E-state index contributed by atoms with van der Waals surface area (Å²) >= 11 is 0. The van der Waals surface area contributed by atoms with E-state index in [2.05, 4.69) is 15.6 Å². The minimum atomic E-state index is -0.637. The van der Waals surface area contributed by atoms with Crippen molar-refractivity contribution < 1.29 is 23.9 Å². The van der Waals surface area contributed by atoms with Crippen molar-refractivity contribution in [3.05, 3.63) is 59.3 Å². The summed E-state index contributed by atoms with van der Waals surface area (Å²) in [7, 11) is 1.46. The number of carbonyl (C=O) groups excluding carboxylic acids is 3. The topological polar surface area (TPSA) is 107 Å². The Kier molecular flexibility index (Phi) is 6.49. The largest absolute Gasteiger partial charge is 0.495 e. The van der Waals surface area contributed by atoms with Crippen LogP contribution in [0.15, 0.2) is 42.5 Å². The van der Waals surface area contributed by atoms with Crippen molar-refractivity contribution in [1.82, 2.24) is 4.98 Å². The van der Waals surface area contributed by atoms with E-state index in [1.54, 1.807) is 31.2 Å². The number of fused-ring (bicyclic) bond motifs is 1. The Morgan fingerprint density at radius 1 is 1.00 bits per heavy atom. The average Bonchev–Trinajstić information content (AvgIpc) is 2.71. The maximum Gasteiger partial charge on any atom is 0.340 e. The van der Waals surface area contributed by atoms with Gasteiger partial charge >= 0.3 is 5.97 Å². The van der Waals surface area contributed by atoms with Crippen molar-refractivity contribution >= 4 is 40.1 Å². The quantitative estimate of drug-likeness (QED) is 0.589. The molecule has 160 valence electrons. The molecule has 0 aliphatic rings. The number of rotatable bonds is 6. The zero-order valence-corrected chi connectivity index (χ0v) is 17.7. The molecular formula is C23H23N3O5. The number of pyridine rings is 1. The van der Waals surface area contributed by atoms with E-state index in [0.29, 0.717) is 28.4 Å². The van der Waals surface area contributed by atoms with Crippen LogP contribution in [0, 0.1) is 13.8 Å². The lowest BCUT2D eigenvalue weighted by Crippen LogP contribution is -2.22. The van der Waals surface area contributed by atoms with Gasteiger partial charge in [0.15, 0.2) is 6.61 Å². The third-order valence-electron chi connectivity index (χ3n) is 4.51. The summed E-state index contributed by atoms with van der Waals surface area (Å²) in [6.45, 7) is 4.57. The predicted octanol–water partition coefficient (Wildman–Crippen LogP) is 3.61. The molecule has 3 aromatic rings. The van der Waals surface area contributed by atoms with E-state index in [0.717, 1.165) is 16.5 Å². The van der Waals surface area contributed by atoms with Crippen molar-refractivity contribution in [2.24, 2.45) is 0 Å². The molecule has 0 spiro atoms. The van der Waals surface area contributed by atoms with Crippen molar-refractivity contribution in [2.75, 3.05) is 24.4 Å². The van der Waals surface area contributed by atoms with Crippen LogP contribution in [0.25, 0.3) is 10.9 Å². The first-order chi connectivity index (χ1) is 14.8. The molecule has 8 heteroatoms. The average molecular weight is 421 g/mol. The van der Waals surface area contributed by atoms with E-state index < -0.39 is 18.5 Å². The van der Waals surface area contributed by atoms with Gasteiger partial charge in [-0.15, -0.1) is 0 Å². The number of methoxy groups -OCH3 is 1. The van der Waals surface area contributed by atoms with E-state index in [-0.39, 0.29) is 5.91 Å². The molecular weight excluding hydrogens is 398 g/mol. The lowest BCUT2D eigenvalue weighted by atomic mass is 10.1. The van der Waals surface area contributed by atoms with Gasteiger partial charge in [-0.2, -0.15) is 0 Å². The number of amides is 2. The molecule has 2 aromatic carbocycles. The van der Waals surface area contributed by atoms with E-state index in [4.69, 9.17) is 9.47 Å². The number of aromatic nitrogens is 1. The Hall–Kier alpha value is -3.94. The van der Waals surface area contributed by atoms with Crippen molar-refractivity contribution in [3.8, 4) is 5.75 Å². The highest BCUT2D eigenvalue weighted by molar-refractivity contribution is 5.99. The Balaban J connectivity index is 1.70. The minimum absolute atomic E-state index is 0.245. The maximum absolute atomic E-state index is 12.5. The number of nitrogens with one attached hydrogen (secondary N) is 2. The number of aryl methyl sites for hydroxylation is 2. The molecule has 0 radical (unpaired) electrons. The first kappa shape index (κ1) is 21.8. The smallest absolute Gasteiger partial charge is 0.340 e. The van der Waals surface area contributed by atoms with Gasteiger partial charge in [-0.3, -0.25) is 14.6 Å². The molecule has 3 rings (SSSR count). The fraction of sp³-hybridized carbons (Fsp3) is 0.217. The molecule has 0 saturated heterocycles. The van der Waals surface area contributed by atoms with Crippen molar-refractivity contribution in [3.63, 3.8) is 0 Å². The van der Waals surface area contributed by atoms with Gasteiger partial charge in [-0.1, -0.05) is 11.6 Å². The third kappa shape index (κ3) is 5.36. The van der Waals surface area contributed by atoms with E-state index in [1.807, 2.05) is 25.1 Å². The summed E-state index contributed by atoms with van der Waals surface area (Å²) in [4.78, 5) is 40.6. The van der Waals surface area contributed by atoms with Crippen LogP contribution in [-0.2, 0) is 14.3 Å². The van der Waals surface area contributed by atoms with Crippen LogP contribution in [0.1, 0.15) is 28.5 Å². The van der Waals surface area contributed by atoms with Gasteiger partial charge in [-0.05, 0) is 50.2 Å². The standard InChI is InChI=1S/C23H23N3O5/c1-13-5-7-19-16(9-13)10-18(14(2)24-19)23(29)31-12-22(28)26-20-11-17(25-15(3)27)6-8-21(20)30-4/h5-11H,12H2,1-4H3,(H,25,27)(H,26,28). The number of nitrogens with zero attached hydrogens (tertiary/aromatic N) is 1. The second kappa shape index (κ2) is 9.25. The van der Waals surface area contributed by atoms with Gasteiger partial charge in [0.1, 0.15) is 5.75 Å². The molecule has 2 N–H and O–H groups in total. The van der Waals surface area contributed by atoms with E-state index in [9.17, 15) is 14.4 Å². The number of carbonyl (C=O) groups is 3. The summed E-state index contributed by atoms with van der Waals surface area (Å²) in [6, 6.07) is 12.3. The highest BCUT2D eigenvalue weighted by Gasteiger charge is 2.16. The van der Waals surface area contributed by atoms with Crippen LogP contribution < -0.4 is 15.4 Å². The number of ether oxygens (including phenoxy) is 2. The van der Waals surface area contributed by atoms with Gasteiger partial charge in [0.25, 0.3) is 5.91 Å². The van der Waals surface area contributed by atoms with E-state index >= 15 is 0 Å². The lowest BCUT2D eigenvalue weighted by Gasteiger charge is -2.13. The summed E-state index contributed by atoms with van der Waals surface area (Å²) in [5.41, 5.74) is 3.49.